The molecule has 2 heterocycles. The topological polar surface area (TPSA) is 63.7 Å². The van der Waals surface area contributed by atoms with Crippen molar-refractivity contribution in [2.45, 2.75) is 13.8 Å². The maximum absolute atomic E-state index is 12.1. The summed E-state index contributed by atoms with van der Waals surface area (Å²) in [5.74, 6) is -0.800. The molecule has 1 fully saturated rings. The maximum atomic E-state index is 12.1. The molecule has 0 aromatic carbocycles. The third-order valence-electron chi connectivity index (χ3n) is 2.55. The minimum Gasteiger partial charge on any atom is -0.464 e. The zero-order valence-corrected chi connectivity index (χ0v) is 13.3. The molecule has 1 aliphatic rings. The second-order valence-electron chi connectivity index (χ2n) is 4.86. The summed E-state index contributed by atoms with van der Waals surface area (Å²) in [5, 5.41) is 1.45. The van der Waals surface area contributed by atoms with Crippen molar-refractivity contribution in [2.75, 3.05) is 13.2 Å². The Labute approximate surface area is 131 Å². The van der Waals surface area contributed by atoms with Gasteiger partial charge in [0.15, 0.2) is 0 Å². The van der Waals surface area contributed by atoms with Gasteiger partial charge in [0, 0.05) is 4.88 Å². The van der Waals surface area contributed by atoms with Crippen LogP contribution in [0.25, 0.3) is 6.08 Å². The molecule has 1 saturated heterocycles. The number of rotatable bonds is 5. The van der Waals surface area contributed by atoms with Gasteiger partial charge in [0.05, 0.1) is 11.5 Å². The van der Waals surface area contributed by atoms with Crippen LogP contribution >= 0.6 is 23.1 Å². The van der Waals surface area contributed by atoms with Gasteiger partial charge in [-0.15, -0.1) is 11.3 Å². The van der Waals surface area contributed by atoms with E-state index < -0.39 is 17.1 Å². The Morgan fingerprint density at radius 2 is 2.19 bits per heavy atom. The van der Waals surface area contributed by atoms with E-state index in [0.29, 0.717) is 4.91 Å². The Balaban J connectivity index is 2.00. The number of imide groups is 1. The van der Waals surface area contributed by atoms with Crippen LogP contribution in [0.5, 0.6) is 0 Å². The van der Waals surface area contributed by atoms with E-state index in [1.165, 1.54) is 11.3 Å². The van der Waals surface area contributed by atoms with Crippen molar-refractivity contribution >= 4 is 46.3 Å². The molecular weight excluding hydrogens is 310 g/mol. The Morgan fingerprint density at radius 1 is 1.43 bits per heavy atom. The summed E-state index contributed by atoms with van der Waals surface area (Å²) < 4.78 is 4.99. The molecule has 112 valence electrons. The molecule has 1 aromatic heterocycles. The molecular formula is C14H15NO4S2. The van der Waals surface area contributed by atoms with E-state index in [4.69, 9.17) is 4.74 Å². The van der Waals surface area contributed by atoms with Crippen LogP contribution < -0.4 is 0 Å². The first kappa shape index (κ1) is 15.8. The van der Waals surface area contributed by atoms with Crippen LogP contribution in [0.2, 0.25) is 0 Å². The van der Waals surface area contributed by atoms with E-state index in [-0.39, 0.29) is 19.1 Å². The largest absolute Gasteiger partial charge is 0.464 e. The summed E-state index contributed by atoms with van der Waals surface area (Å²) in [6.07, 6.45) is 1.66. The summed E-state index contributed by atoms with van der Waals surface area (Å²) in [6.45, 7) is 3.77. The Bertz CT molecular complexity index is 578. The van der Waals surface area contributed by atoms with Gasteiger partial charge in [-0.05, 0) is 35.2 Å². The molecule has 0 spiro atoms. The van der Waals surface area contributed by atoms with Crippen LogP contribution in [0.15, 0.2) is 22.4 Å². The fraction of sp³-hybridized carbons (Fsp3) is 0.357. The first-order valence-corrected chi connectivity index (χ1v) is 8.11. The van der Waals surface area contributed by atoms with Gasteiger partial charge in [-0.25, -0.2) is 0 Å². The number of hydrogen-bond donors (Lipinski definition) is 0. The third kappa shape index (κ3) is 4.18. The zero-order chi connectivity index (χ0) is 15.4. The van der Waals surface area contributed by atoms with Crippen LogP contribution in [-0.2, 0) is 14.3 Å². The number of thioether (sulfide) groups is 1. The van der Waals surface area contributed by atoms with Crippen LogP contribution in [0.3, 0.4) is 0 Å². The number of hydrogen-bond acceptors (Lipinski definition) is 6. The molecule has 1 aromatic rings. The molecule has 21 heavy (non-hydrogen) atoms. The zero-order valence-electron chi connectivity index (χ0n) is 11.7. The van der Waals surface area contributed by atoms with Crippen LogP contribution in [0.1, 0.15) is 18.7 Å². The van der Waals surface area contributed by atoms with E-state index in [1.54, 1.807) is 6.08 Å². The van der Waals surface area contributed by atoms with Gasteiger partial charge in [0.2, 0.25) is 0 Å². The SMILES string of the molecule is CC(C)COC(=O)CN1C(=O)S/C(=C/c2cccs2)C1=O. The molecule has 0 aliphatic carbocycles. The fourth-order valence-corrected chi connectivity index (χ4v) is 3.13. The van der Waals surface area contributed by atoms with Crippen LogP contribution in [0.4, 0.5) is 4.79 Å². The maximum Gasteiger partial charge on any atom is 0.326 e. The van der Waals surface area contributed by atoms with Gasteiger partial charge < -0.3 is 4.74 Å². The highest BCUT2D eigenvalue weighted by atomic mass is 32.2. The standard InChI is InChI=1S/C14H15NO4S2/c1-9(2)8-19-12(16)7-15-13(17)11(21-14(15)18)6-10-4-3-5-20-10/h3-6,9H,7-8H2,1-2H3/b11-6+. The first-order valence-electron chi connectivity index (χ1n) is 6.42. The third-order valence-corrected chi connectivity index (χ3v) is 4.28. The highest BCUT2D eigenvalue weighted by molar-refractivity contribution is 8.18. The van der Waals surface area contributed by atoms with Gasteiger partial charge in [0.1, 0.15) is 6.54 Å². The van der Waals surface area contributed by atoms with E-state index in [0.717, 1.165) is 21.5 Å². The molecule has 0 unspecified atom stereocenters. The Kier molecular flexibility index (Phi) is 5.19. The monoisotopic (exact) mass is 325 g/mol. The molecule has 5 nitrogen and oxygen atoms in total. The molecule has 0 saturated carbocycles. The lowest BCUT2D eigenvalue weighted by Gasteiger charge is -2.12. The van der Waals surface area contributed by atoms with Crippen molar-refractivity contribution in [1.29, 1.82) is 0 Å². The average Bonchev–Trinajstić information content (AvgIpc) is 3.01. The van der Waals surface area contributed by atoms with Crippen molar-refractivity contribution in [2.24, 2.45) is 5.92 Å². The van der Waals surface area contributed by atoms with Crippen LogP contribution in [0, 0.1) is 5.92 Å². The van der Waals surface area contributed by atoms with Gasteiger partial charge in [-0.2, -0.15) is 0 Å². The minimum atomic E-state index is -0.566. The van der Waals surface area contributed by atoms with Gasteiger partial charge >= 0.3 is 5.97 Å². The smallest absolute Gasteiger partial charge is 0.326 e. The van der Waals surface area contributed by atoms with Gasteiger partial charge in [-0.1, -0.05) is 19.9 Å². The Morgan fingerprint density at radius 3 is 2.81 bits per heavy atom. The molecule has 0 radical (unpaired) electrons. The second kappa shape index (κ2) is 6.91. The van der Waals surface area contributed by atoms with Crippen molar-refractivity contribution < 1.29 is 19.1 Å². The number of amides is 2. The summed E-state index contributed by atoms with van der Waals surface area (Å²) in [7, 11) is 0. The van der Waals surface area contributed by atoms with Crippen molar-refractivity contribution in [1.82, 2.24) is 4.90 Å². The van der Waals surface area contributed by atoms with E-state index in [2.05, 4.69) is 0 Å². The van der Waals surface area contributed by atoms with E-state index in [9.17, 15) is 14.4 Å². The average molecular weight is 325 g/mol. The molecule has 2 rings (SSSR count). The fourth-order valence-electron chi connectivity index (χ4n) is 1.57. The van der Waals surface area contributed by atoms with Gasteiger partial charge in [0.25, 0.3) is 11.1 Å². The van der Waals surface area contributed by atoms with E-state index >= 15 is 0 Å². The Hall–Kier alpha value is -1.60. The summed E-state index contributed by atoms with van der Waals surface area (Å²) in [5.41, 5.74) is 0. The van der Waals surface area contributed by atoms with Crippen molar-refractivity contribution in [3.8, 4) is 0 Å². The van der Waals surface area contributed by atoms with Crippen molar-refractivity contribution in [3.63, 3.8) is 0 Å². The van der Waals surface area contributed by atoms with Crippen molar-refractivity contribution in [3.05, 3.63) is 27.3 Å². The number of thiophene rings is 1. The molecule has 1 aliphatic heterocycles. The van der Waals surface area contributed by atoms with Crippen LogP contribution in [-0.4, -0.2) is 35.2 Å². The molecule has 0 N–H and O–H groups in total. The molecule has 0 bridgehead atoms. The van der Waals surface area contributed by atoms with E-state index in [1.807, 2.05) is 31.4 Å². The number of esters is 1. The highest BCUT2D eigenvalue weighted by Gasteiger charge is 2.36. The first-order chi connectivity index (χ1) is 9.97. The lowest BCUT2D eigenvalue weighted by atomic mass is 10.2. The molecule has 7 heteroatoms. The summed E-state index contributed by atoms with van der Waals surface area (Å²) >= 11 is 2.32. The normalized spacial score (nSPS) is 17.1. The minimum absolute atomic E-state index is 0.211. The lowest BCUT2D eigenvalue weighted by molar-refractivity contribution is -0.147. The lowest BCUT2D eigenvalue weighted by Crippen LogP contribution is -2.34. The highest BCUT2D eigenvalue weighted by Crippen LogP contribution is 2.32. The van der Waals surface area contributed by atoms with Gasteiger partial charge in [-0.3, -0.25) is 19.3 Å². The number of carbonyl (C=O) groups excluding carboxylic acids is 3. The predicted molar refractivity (Wildman–Crippen MR) is 82.8 cm³/mol. The summed E-state index contributed by atoms with van der Waals surface area (Å²) in [4.78, 5) is 37.7. The number of carbonyl (C=O) groups is 3. The summed E-state index contributed by atoms with van der Waals surface area (Å²) in [6, 6.07) is 3.72. The number of ether oxygens (including phenoxy) is 1. The molecule has 2 amide bonds. The number of nitrogens with zero attached hydrogens (tertiary/aromatic N) is 1. The second-order valence-corrected chi connectivity index (χ2v) is 6.83. The predicted octanol–water partition coefficient (Wildman–Crippen LogP) is 2.98. The molecule has 0 atom stereocenters. The quantitative estimate of drug-likeness (QED) is 0.615.